The van der Waals surface area contributed by atoms with Gasteiger partial charge in [0, 0.05) is 18.2 Å². The van der Waals surface area contributed by atoms with Crippen LogP contribution in [0.25, 0.3) is 11.3 Å². The van der Waals surface area contributed by atoms with Gasteiger partial charge in [0.25, 0.3) is 0 Å². The van der Waals surface area contributed by atoms with Crippen molar-refractivity contribution in [3.63, 3.8) is 0 Å². The molecule has 0 fully saturated rings. The van der Waals surface area contributed by atoms with Crippen molar-refractivity contribution in [1.29, 1.82) is 0 Å². The molecule has 0 saturated heterocycles. The molecule has 122 valence electrons. The Morgan fingerprint density at radius 3 is 2.71 bits per heavy atom. The van der Waals surface area contributed by atoms with Gasteiger partial charge in [-0.2, -0.15) is 0 Å². The number of imidazole rings is 1. The Hall–Kier alpha value is -3.08. The lowest BCUT2D eigenvalue weighted by molar-refractivity contribution is 0.0599. The average molecular weight is 322 g/mol. The van der Waals surface area contributed by atoms with E-state index in [0.717, 1.165) is 22.6 Å². The number of hydrogen-bond donors (Lipinski definition) is 1. The van der Waals surface area contributed by atoms with E-state index in [4.69, 9.17) is 9.47 Å². The molecule has 0 bridgehead atoms. The predicted molar refractivity (Wildman–Crippen MR) is 91.0 cm³/mol. The number of esters is 1. The highest BCUT2D eigenvalue weighted by Gasteiger charge is 2.12. The molecular weight excluding hydrogens is 304 g/mol. The van der Waals surface area contributed by atoms with E-state index in [0.29, 0.717) is 18.6 Å². The second-order valence-corrected chi connectivity index (χ2v) is 5.20. The fourth-order valence-corrected chi connectivity index (χ4v) is 2.53. The third-order valence-corrected chi connectivity index (χ3v) is 3.71. The second kappa shape index (κ2) is 7.46. The number of ether oxygens (including phenoxy) is 2. The van der Waals surface area contributed by atoms with E-state index in [9.17, 15) is 4.79 Å². The Labute approximate surface area is 140 Å². The van der Waals surface area contributed by atoms with Crippen LogP contribution in [0.2, 0.25) is 0 Å². The van der Waals surface area contributed by atoms with Crippen LogP contribution in [-0.2, 0) is 11.2 Å². The molecule has 0 spiro atoms. The first-order valence-corrected chi connectivity index (χ1v) is 7.67. The van der Waals surface area contributed by atoms with Crippen LogP contribution in [0.5, 0.6) is 5.75 Å². The van der Waals surface area contributed by atoms with E-state index in [1.807, 2.05) is 48.7 Å². The number of methoxy groups -OCH3 is 1. The van der Waals surface area contributed by atoms with Crippen molar-refractivity contribution in [2.75, 3.05) is 13.7 Å². The van der Waals surface area contributed by atoms with Crippen LogP contribution < -0.4 is 4.74 Å². The Kier molecular flexibility index (Phi) is 4.91. The summed E-state index contributed by atoms with van der Waals surface area (Å²) in [6.45, 7) is 0.454. The van der Waals surface area contributed by atoms with Gasteiger partial charge in [0.2, 0.25) is 0 Å². The lowest BCUT2D eigenvalue weighted by Crippen LogP contribution is -2.09. The highest BCUT2D eigenvalue weighted by Crippen LogP contribution is 2.28. The molecule has 3 rings (SSSR count). The maximum Gasteiger partial charge on any atom is 0.338 e. The molecule has 5 heteroatoms. The van der Waals surface area contributed by atoms with Crippen molar-refractivity contribution in [3.05, 3.63) is 72.2 Å². The Morgan fingerprint density at radius 2 is 1.92 bits per heavy atom. The van der Waals surface area contributed by atoms with Gasteiger partial charge in [-0.1, -0.05) is 30.3 Å². The van der Waals surface area contributed by atoms with Crippen molar-refractivity contribution >= 4 is 5.97 Å². The number of carbonyl (C=O) groups excluding carboxylic acids is 1. The summed E-state index contributed by atoms with van der Waals surface area (Å²) in [6.07, 6.45) is 4.08. The van der Waals surface area contributed by atoms with Crippen molar-refractivity contribution in [2.45, 2.75) is 6.42 Å². The monoisotopic (exact) mass is 322 g/mol. The molecule has 0 radical (unpaired) electrons. The summed E-state index contributed by atoms with van der Waals surface area (Å²) in [6, 6.07) is 15.2. The highest BCUT2D eigenvalue weighted by atomic mass is 16.5. The van der Waals surface area contributed by atoms with Crippen LogP contribution >= 0.6 is 0 Å². The molecule has 0 aliphatic heterocycles. The van der Waals surface area contributed by atoms with Crippen molar-refractivity contribution < 1.29 is 14.3 Å². The van der Waals surface area contributed by atoms with Gasteiger partial charge in [0.15, 0.2) is 0 Å². The molecule has 2 aromatic carbocycles. The molecule has 1 N–H and O–H groups in total. The van der Waals surface area contributed by atoms with Crippen LogP contribution in [0, 0.1) is 0 Å². The largest absolute Gasteiger partial charge is 0.493 e. The molecule has 5 nitrogen and oxygen atoms in total. The van der Waals surface area contributed by atoms with Gasteiger partial charge in [0.05, 0.1) is 31.3 Å². The molecule has 0 aliphatic carbocycles. The van der Waals surface area contributed by atoms with E-state index in [2.05, 4.69) is 9.97 Å². The van der Waals surface area contributed by atoms with Gasteiger partial charge in [0.1, 0.15) is 5.75 Å². The minimum atomic E-state index is -0.331. The summed E-state index contributed by atoms with van der Waals surface area (Å²) in [5.41, 5.74) is 3.24. The zero-order valence-corrected chi connectivity index (χ0v) is 13.4. The summed E-state index contributed by atoms with van der Waals surface area (Å²) < 4.78 is 10.7. The van der Waals surface area contributed by atoms with Gasteiger partial charge < -0.3 is 14.5 Å². The average Bonchev–Trinajstić information content (AvgIpc) is 3.16. The first-order valence-electron chi connectivity index (χ1n) is 7.67. The molecule has 0 amide bonds. The van der Waals surface area contributed by atoms with Crippen LogP contribution in [0.15, 0.2) is 61.1 Å². The van der Waals surface area contributed by atoms with E-state index < -0.39 is 0 Å². The molecule has 0 aliphatic rings. The number of nitrogens with zero attached hydrogens (tertiary/aromatic N) is 1. The molecule has 24 heavy (non-hydrogen) atoms. The standard InChI is InChI=1S/C19H18N2O3/c1-23-19(22)15-7-3-2-6-14(15)10-11-24-18-9-5-4-8-16(18)17-12-20-13-21-17/h2-9,12-13H,10-11H2,1H3,(H,20,21). The third kappa shape index (κ3) is 3.46. The number of carbonyl (C=O) groups is 1. The maximum atomic E-state index is 11.8. The number of nitrogens with one attached hydrogen (secondary N) is 1. The number of hydrogen-bond acceptors (Lipinski definition) is 4. The fraction of sp³-hybridized carbons (Fsp3) is 0.158. The zero-order chi connectivity index (χ0) is 16.8. The number of rotatable bonds is 6. The highest BCUT2D eigenvalue weighted by molar-refractivity contribution is 5.90. The van der Waals surface area contributed by atoms with Crippen molar-refractivity contribution in [2.24, 2.45) is 0 Å². The first-order chi connectivity index (χ1) is 11.8. The molecule has 1 heterocycles. The predicted octanol–water partition coefficient (Wildman–Crippen LogP) is 3.48. The summed E-state index contributed by atoms with van der Waals surface area (Å²) in [7, 11) is 1.38. The number of H-pyrrole nitrogens is 1. The minimum Gasteiger partial charge on any atom is -0.493 e. The van der Waals surface area contributed by atoms with Crippen LogP contribution in [0.3, 0.4) is 0 Å². The molecule has 3 aromatic rings. The number of aromatic amines is 1. The first kappa shape index (κ1) is 15.8. The molecule has 1 aromatic heterocycles. The lowest BCUT2D eigenvalue weighted by Gasteiger charge is -2.11. The van der Waals surface area contributed by atoms with Gasteiger partial charge in [-0.15, -0.1) is 0 Å². The second-order valence-electron chi connectivity index (χ2n) is 5.20. The molecular formula is C19H18N2O3. The molecule has 0 saturated carbocycles. The minimum absolute atomic E-state index is 0.331. The normalized spacial score (nSPS) is 10.4. The van der Waals surface area contributed by atoms with Crippen molar-refractivity contribution in [1.82, 2.24) is 9.97 Å². The smallest absolute Gasteiger partial charge is 0.338 e. The van der Waals surface area contributed by atoms with Gasteiger partial charge >= 0.3 is 5.97 Å². The van der Waals surface area contributed by atoms with Crippen LogP contribution in [0.1, 0.15) is 15.9 Å². The van der Waals surface area contributed by atoms with E-state index in [1.165, 1.54) is 7.11 Å². The maximum absolute atomic E-state index is 11.8. The quantitative estimate of drug-likeness (QED) is 0.706. The zero-order valence-electron chi connectivity index (χ0n) is 13.4. The van der Waals surface area contributed by atoms with Gasteiger partial charge in [-0.25, -0.2) is 9.78 Å². The number of aromatic nitrogens is 2. The molecule has 0 unspecified atom stereocenters. The van der Waals surface area contributed by atoms with Crippen LogP contribution in [0.4, 0.5) is 0 Å². The summed E-state index contributed by atoms with van der Waals surface area (Å²) in [5, 5.41) is 0. The SMILES string of the molecule is COC(=O)c1ccccc1CCOc1ccccc1-c1c[nH]cn1. The van der Waals surface area contributed by atoms with E-state index >= 15 is 0 Å². The third-order valence-electron chi connectivity index (χ3n) is 3.71. The summed E-state index contributed by atoms with van der Waals surface area (Å²) >= 11 is 0. The van der Waals surface area contributed by atoms with E-state index in [-0.39, 0.29) is 5.97 Å². The summed E-state index contributed by atoms with van der Waals surface area (Å²) in [4.78, 5) is 19.0. The van der Waals surface area contributed by atoms with E-state index in [1.54, 1.807) is 12.4 Å². The Bertz CT molecular complexity index is 813. The van der Waals surface area contributed by atoms with Gasteiger partial charge in [-0.05, 0) is 23.8 Å². The number of para-hydroxylation sites is 1. The number of benzene rings is 2. The fourth-order valence-electron chi connectivity index (χ4n) is 2.53. The topological polar surface area (TPSA) is 64.2 Å². The summed E-state index contributed by atoms with van der Waals surface area (Å²) in [5.74, 6) is 0.433. The molecule has 0 atom stereocenters. The lowest BCUT2D eigenvalue weighted by atomic mass is 10.1. The van der Waals surface area contributed by atoms with Gasteiger partial charge in [-0.3, -0.25) is 0 Å². The Morgan fingerprint density at radius 1 is 1.12 bits per heavy atom. The Balaban J connectivity index is 1.71. The van der Waals surface area contributed by atoms with Crippen molar-refractivity contribution in [3.8, 4) is 17.0 Å². The van der Waals surface area contributed by atoms with Crippen LogP contribution in [-0.4, -0.2) is 29.7 Å².